The number of tetrazole rings is 1. The molecule has 2 aromatic heterocycles. The fourth-order valence-corrected chi connectivity index (χ4v) is 7.35. The predicted octanol–water partition coefficient (Wildman–Crippen LogP) is 2.22. The largest absolute Gasteiger partial charge is 0.335 e. The van der Waals surface area contributed by atoms with Crippen LogP contribution in [-0.2, 0) is 21.2 Å². The number of aromatic nitrogens is 4. The molecule has 29 heavy (non-hydrogen) atoms. The molecule has 11 heteroatoms. The molecule has 0 radical (unpaired) electrons. The Labute approximate surface area is 179 Å². The van der Waals surface area contributed by atoms with E-state index in [-0.39, 0.29) is 35.2 Å². The van der Waals surface area contributed by atoms with Crippen LogP contribution in [0.25, 0.3) is 0 Å². The van der Waals surface area contributed by atoms with E-state index in [0.717, 1.165) is 30.6 Å². The van der Waals surface area contributed by atoms with Crippen molar-refractivity contribution in [3.05, 3.63) is 22.4 Å². The van der Waals surface area contributed by atoms with Gasteiger partial charge in [0.1, 0.15) is 0 Å². The third-order valence-corrected chi connectivity index (χ3v) is 9.12. The van der Waals surface area contributed by atoms with Gasteiger partial charge in [0, 0.05) is 17.0 Å². The van der Waals surface area contributed by atoms with Gasteiger partial charge in [-0.25, -0.2) is 13.1 Å². The van der Waals surface area contributed by atoms with Crippen molar-refractivity contribution < 1.29 is 13.2 Å². The first-order valence-corrected chi connectivity index (χ1v) is 13.6. The van der Waals surface area contributed by atoms with E-state index in [1.807, 2.05) is 22.4 Å². The van der Waals surface area contributed by atoms with Crippen LogP contribution in [0.3, 0.4) is 0 Å². The fraction of sp³-hybridized carbons (Fsp3) is 0.667. The van der Waals surface area contributed by atoms with E-state index < -0.39 is 9.84 Å². The molecular formula is C18H25N5O3S3. The molecule has 0 bridgehead atoms. The molecule has 0 N–H and O–H groups in total. The molecule has 0 spiro atoms. The average molecular weight is 456 g/mol. The zero-order valence-electron chi connectivity index (χ0n) is 16.1. The molecule has 1 saturated heterocycles. The first-order chi connectivity index (χ1) is 14.0. The summed E-state index contributed by atoms with van der Waals surface area (Å²) in [6.45, 7) is 0.578. The molecule has 158 valence electrons. The first kappa shape index (κ1) is 20.8. The van der Waals surface area contributed by atoms with Crippen LogP contribution in [0.4, 0.5) is 0 Å². The summed E-state index contributed by atoms with van der Waals surface area (Å²) in [5.41, 5.74) is 0. The molecule has 2 aromatic rings. The van der Waals surface area contributed by atoms with Gasteiger partial charge < -0.3 is 4.90 Å². The van der Waals surface area contributed by atoms with Gasteiger partial charge in [0.2, 0.25) is 11.1 Å². The molecule has 0 aromatic carbocycles. The second-order valence-corrected chi connectivity index (χ2v) is 11.8. The Morgan fingerprint density at radius 3 is 2.76 bits per heavy atom. The summed E-state index contributed by atoms with van der Waals surface area (Å²) in [7, 11) is -3.04. The SMILES string of the molecule is O=C(CSc1nnnn1Cc1cccs1)N(C1CCCCC1)[C@@H]1CCS(=O)(=O)C1. The number of carbonyl (C=O) groups is 1. The Kier molecular flexibility index (Phi) is 6.55. The monoisotopic (exact) mass is 455 g/mol. The molecule has 4 rings (SSSR count). The van der Waals surface area contributed by atoms with Gasteiger partial charge in [-0.05, 0) is 41.1 Å². The molecule has 8 nitrogen and oxygen atoms in total. The van der Waals surface area contributed by atoms with Crippen molar-refractivity contribution in [1.29, 1.82) is 0 Å². The lowest BCUT2D eigenvalue weighted by Gasteiger charge is -2.38. The first-order valence-electron chi connectivity index (χ1n) is 9.95. The fourth-order valence-electron chi connectivity index (χ4n) is 4.21. The average Bonchev–Trinajstić information content (AvgIpc) is 3.44. The lowest BCUT2D eigenvalue weighted by molar-refractivity contribution is -0.133. The molecular weight excluding hydrogens is 430 g/mol. The molecule has 3 heterocycles. The summed E-state index contributed by atoms with van der Waals surface area (Å²) in [4.78, 5) is 16.2. The maximum atomic E-state index is 13.2. The highest BCUT2D eigenvalue weighted by molar-refractivity contribution is 7.99. The van der Waals surface area contributed by atoms with Crippen LogP contribution in [0, 0.1) is 0 Å². The summed E-state index contributed by atoms with van der Waals surface area (Å²) >= 11 is 2.96. The van der Waals surface area contributed by atoms with Gasteiger partial charge in [0.15, 0.2) is 9.84 Å². The van der Waals surface area contributed by atoms with Crippen molar-refractivity contribution in [3.8, 4) is 0 Å². The van der Waals surface area contributed by atoms with E-state index in [1.165, 1.54) is 18.2 Å². The van der Waals surface area contributed by atoms with Crippen LogP contribution in [0.5, 0.6) is 0 Å². The maximum Gasteiger partial charge on any atom is 0.233 e. The zero-order valence-corrected chi connectivity index (χ0v) is 18.6. The van der Waals surface area contributed by atoms with Crippen LogP contribution < -0.4 is 0 Å². The molecule has 2 fully saturated rings. The number of hydrogen-bond acceptors (Lipinski definition) is 8. The second kappa shape index (κ2) is 9.13. The molecule has 1 saturated carbocycles. The van der Waals surface area contributed by atoms with Crippen molar-refractivity contribution in [2.45, 2.75) is 62.3 Å². The second-order valence-electron chi connectivity index (χ2n) is 7.64. The number of nitrogens with zero attached hydrogens (tertiary/aromatic N) is 5. The van der Waals surface area contributed by atoms with Crippen LogP contribution in [0.1, 0.15) is 43.4 Å². The van der Waals surface area contributed by atoms with Crippen molar-refractivity contribution in [3.63, 3.8) is 0 Å². The van der Waals surface area contributed by atoms with Crippen LogP contribution in [0.2, 0.25) is 0 Å². The highest BCUT2D eigenvalue weighted by Crippen LogP contribution is 2.29. The third kappa shape index (κ3) is 5.18. The highest BCUT2D eigenvalue weighted by atomic mass is 32.2. The minimum absolute atomic E-state index is 0.00493. The lowest BCUT2D eigenvalue weighted by Crippen LogP contribution is -2.49. The number of rotatable bonds is 7. The Hall–Kier alpha value is -1.46. The minimum Gasteiger partial charge on any atom is -0.335 e. The van der Waals surface area contributed by atoms with E-state index in [2.05, 4.69) is 15.5 Å². The van der Waals surface area contributed by atoms with Gasteiger partial charge in [0.25, 0.3) is 0 Å². The highest BCUT2D eigenvalue weighted by Gasteiger charge is 2.38. The lowest BCUT2D eigenvalue weighted by atomic mass is 9.93. The van der Waals surface area contributed by atoms with Gasteiger partial charge in [-0.15, -0.1) is 16.4 Å². The molecule has 1 aliphatic heterocycles. The Bertz CT molecular complexity index is 922. The van der Waals surface area contributed by atoms with E-state index >= 15 is 0 Å². The topological polar surface area (TPSA) is 98.1 Å². The summed E-state index contributed by atoms with van der Waals surface area (Å²) in [6.07, 6.45) is 5.85. The van der Waals surface area contributed by atoms with Crippen molar-refractivity contribution in [2.75, 3.05) is 17.3 Å². The van der Waals surface area contributed by atoms with Crippen LogP contribution in [-0.4, -0.2) is 68.8 Å². The van der Waals surface area contributed by atoms with Crippen molar-refractivity contribution in [1.82, 2.24) is 25.1 Å². The molecule has 2 aliphatic rings. The number of carbonyl (C=O) groups excluding carboxylic acids is 1. The smallest absolute Gasteiger partial charge is 0.233 e. The van der Waals surface area contributed by atoms with Gasteiger partial charge in [-0.1, -0.05) is 37.1 Å². The zero-order chi connectivity index (χ0) is 20.3. The van der Waals surface area contributed by atoms with Crippen molar-refractivity contribution in [2.24, 2.45) is 0 Å². The Balaban J connectivity index is 1.44. The van der Waals surface area contributed by atoms with E-state index in [1.54, 1.807) is 16.0 Å². The number of thiophene rings is 1. The normalized spacial score (nSPS) is 22.0. The summed E-state index contributed by atoms with van der Waals surface area (Å²) in [5, 5.41) is 14.5. The van der Waals surface area contributed by atoms with E-state index in [0.29, 0.717) is 18.1 Å². The van der Waals surface area contributed by atoms with E-state index in [4.69, 9.17) is 0 Å². The number of thioether (sulfide) groups is 1. The standard InChI is InChI=1S/C18H25N5O3S3/c24-17(12-28-18-19-20-21-22(18)11-16-7-4-9-27-16)23(14-5-2-1-3-6-14)15-8-10-29(25,26)13-15/h4,7,9,14-15H,1-3,5-6,8,10-13H2/t15-/m1/s1. The minimum atomic E-state index is -3.04. The number of sulfone groups is 1. The Morgan fingerprint density at radius 1 is 1.24 bits per heavy atom. The third-order valence-electron chi connectivity index (χ3n) is 5.57. The maximum absolute atomic E-state index is 13.2. The van der Waals surface area contributed by atoms with Gasteiger partial charge >= 0.3 is 0 Å². The number of amides is 1. The van der Waals surface area contributed by atoms with Gasteiger partial charge in [-0.2, -0.15) is 0 Å². The summed E-state index contributed by atoms with van der Waals surface area (Å²) < 4.78 is 25.7. The van der Waals surface area contributed by atoms with Crippen LogP contribution in [0.15, 0.2) is 22.7 Å². The molecule has 1 aliphatic carbocycles. The molecule has 1 amide bonds. The van der Waals surface area contributed by atoms with Gasteiger partial charge in [0.05, 0.1) is 23.8 Å². The van der Waals surface area contributed by atoms with Crippen molar-refractivity contribution >= 4 is 38.8 Å². The molecule has 1 atom stereocenters. The van der Waals surface area contributed by atoms with E-state index in [9.17, 15) is 13.2 Å². The summed E-state index contributed by atoms with van der Waals surface area (Å²) in [6, 6.07) is 3.96. The quantitative estimate of drug-likeness (QED) is 0.590. The summed E-state index contributed by atoms with van der Waals surface area (Å²) in [5.74, 6) is 0.489. The predicted molar refractivity (Wildman–Crippen MR) is 113 cm³/mol. The number of hydrogen-bond donors (Lipinski definition) is 0. The molecule has 0 unspecified atom stereocenters. The van der Waals surface area contributed by atoms with Gasteiger partial charge in [-0.3, -0.25) is 4.79 Å². The Morgan fingerprint density at radius 2 is 2.07 bits per heavy atom. The van der Waals surface area contributed by atoms with Crippen LogP contribution >= 0.6 is 23.1 Å².